The second-order valence-electron chi connectivity index (χ2n) is 7.67. The van der Waals surface area contributed by atoms with E-state index in [9.17, 15) is 4.79 Å². The first-order valence-electron chi connectivity index (χ1n) is 8.68. The van der Waals surface area contributed by atoms with Gasteiger partial charge in [-0.05, 0) is 52.3 Å². The van der Waals surface area contributed by atoms with Crippen molar-refractivity contribution in [3.8, 4) is 11.3 Å². The molecule has 0 aliphatic carbocycles. The van der Waals surface area contributed by atoms with Crippen molar-refractivity contribution in [3.63, 3.8) is 0 Å². The minimum Gasteiger partial charge on any atom is -0.444 e. The van der Waals surface area contributed by atoms with Crippen LogP contribution in [0.5, 0.6) is 0 Å². The number of hydrogen-bond donors (Lipinski definition) is 0. The smallest absolute Gasteiger partial charge is 0.410 e. The molecule has 1 fully saturated rings. The van der Waals surface area contributed by atoms with Crippen molar-refractivity contribution in [2.24, 2.45) is 7.05 Å². The number of hydrogen-bond acceptors (Lipinski definition) is 4. The zero-order valence-electron chi connectivity index (χ0n) is 15.6. The third-order valence-corrected chi connectivity index (χ3v) is 4.35. The molecule has 6 nitrogen and oxygen atoms in total. The number of carbonyl (C=O) groups is 1. The number of pyridine rings is 1. The van der Waals surface area contributed by atoms with Gasteiger partial charge in [-0.2, -0.15) is 5.10 Å². The van der Waals surface area contributed by atoms with Crippen molar-refractivity contribution in [2.45, 2.75) is 45.6 Å². The molecule has 0 bridgehead atoms. The van der Waals surface area contributed by atoms with Gasteiger partial charge in [0.05, 0.1) is 5.69 Å². The molecule has 2 aromatic heterocycles. The lowest BCUT2D eigenvalue weighted by molar-refractivity contribution is 0.0292. The molecule has 6 heteroatoms. The molecular formula is C19H26N4O2. The summed E-state index contributed by atoms with van der Waals surface area (Å²) in [6.07, 6.45) is 2.46. The van der Waals surface area contributed by atoms with Gasteiger partial charge in [0.2, 0.25) is 0 Å². The quantitative estimate of drug-likeness (QED) is 0.838. The van der Waals surface area contributed by atoms with Crippen LogP contribution in [0.2, 0.25) is 0 Å². The first-order valence-corrected chi connectivity index (χ1v) is 8.68. The Hall–Kier alpha value is -2.37. The lowest BCUT2D eigenvalue weighted by atomic mass is 10.0. The van der Waals surface area contributed by atoms with Crippen molar-refractivity contribution in [1.82, 2.24) is 19.7 Å². The van der Waals surface area contributed by atoms with Crippen LogP contribution in [0.1, 0.15) is 44.5 Å². The third kappa shape index (κ3) is 4.00. The summed E-state index contributed by atoms with van der Waals surface area (Å²) in [5.74, 6) is 0.236. The van der Waals surface area contributed by atoms with Gasteiger partial charge in [-0.1, -0.05) is 0 Å². The van der Waals surface area contributed by atoms with Gasteiger partial charge in [0.25, 0.3) is 0 Å². The molecule has 1 saturated heterocycles. The van der Waals surface area contributed by atoms with E-state index in [1.54, 1.807) is 11.1 Å². The molecule has 0 spiro atoms. The molecule has 0 radical (unpaired) electrons. The van der Waals surface area contributed by atoms with Crippen LogP contribution in [0.4, 0.5) is 4.79 Å². The molecule has 0 saturated carbocycles. The van der Waals surface area contributed by atoms with Crippen LogP contribution in [-0.2, 0) is 11.8 Å². The van der Waals surface area contributed by atoms with Crippen LogP contribution in [-0.4, -0.2) is 44.4 Å². The molecule has 3 rings (SSSR count). The summed E-state index contributed by atoms with van der Waals surface area (Å²) in [6.45, 7) is 9.03. The van der Waals surface area contributed by atoms with Gasteiger partial charge in [-0.15, -0.1) is 0 Å². The predicted molar refractivity (Wildman–Crippen MR) is 96.3 cm³/mol. The highest BCUT2D eigenvalue weighted by Crippen LogP contribution is 2.30. The molecule has 1 atom stereocenters. The second-order valence-corrected chi connectivity index (χ2v) is 7.67. The highest BCUT2D eigenvalue weighted by atomic mass is 16.6. The Kier molecular flexibility index (Phi) is 4.54. The molecule has 134 valence electrons. The van der Waals surface area contributed by atoms with E-state index in [2.05, 4.69) is 17.2 Å². The number of ether oxygens (including phenoxy) is 1. The molecule has 3 heterocycles. The van der Waals surface area contributed by atoms with Crippen molar-refractivity contribution in [3.05, 3.63) is 35.8 Å². The van der Waals surface area contributed by atoms with Crippen LogP contribution in [0, 0.1) is 6.92 Å². The summed E-state index contributed by atoms with van der Waals surface area (Å²) >= 11 is 0. The van der Waals surface area contributed by atoms with E-state index >= 15 is 0 Å². The molecule has 2 aromatic rings. The highest BCUT2D eigenvalue weighted by molar-refractivity contribution is 5.68. The maximum atomic E-state index is 12.3. The van der Waals surface area contributed by atoms with Gasteiger partial charge in [-0.25, -0.2) is 4.79 Å². The number of carbonyl (C=O) groups excluding carboxylic acids is 1. The molecule has 0 N–H and O–H groups in total. The number of aromatic nitrogens is 3. The molecule has 1 amide bonds. The molecule has 25 heavy (non-hydrogen) atoms. The SMILES string of the molecule is Cc1cc(-c2ccnn2C)cc(C2CCN(C(=O)OC(C)(C)C)C2)n1. The zero-order valence-corrected chi connectivity index (χ0v) is 15.6. The van der Waals surface area contributed by atoms with Crippen molar-refractivity contribution >= 4 is 6.09 Å². The van der Waals surface area contributed by atoms with E-state index < -0.39 is 5.60 Å². The lowest BCUT2D eigenvalue weighted by Crippen LogP contribution is -2.35. The Morgan fingerprint density at radius 1 is 1.32 bits per heavy atom. The van der Waals surface area contributed by atoms with Crippen molar-refractivity contribution in [2.75, 3.05) is 13.1 Å². The van der Waals surface area contributed by atoms with Gasteiger partial charge in [-0.3, -0.25) is 9.67 Å². The van der Waals surface area contributed by atoms with Crippen LogP contribution in [0.25, 0.3) is 11.3 Å². The maximum absolute atomic E-state index is 12.3. The number of nitrogens with zero attached hydrogens (tertiary/aromatic N) is 4. The number of rotatable bonds is 2. The Bertz CT molecular complexity index is 776. The maximum Gasteiger partial charge on any atom is 0.410 e. The van der Waals surface area contributed by atoms with E-state index in [1.807, 2.05) is 45.5 Å². The van der Waals surface area contributed by atoms with Crippen molar-refractivity contribution < 1.29 is 9.53 Å². The Morgan fingerprint density at radius 3 is 2.72 bits per heavy atom. The summed E-state index contributed by atoms with van der Waals surface area (Å²) in [6, 6.07) is 6.19. The van der Waals surface area contributed by atoms with E-state index in [-0.39, 0.29) is 12.0 Å². The molecular weight excluding hydrogens is 316 g/mol. The fourth-order valence-electron chi connectivity index (χ4n) is 3.20. The molecule has 1 unspecified atom stereocenters. The standard InChI is InChI=1S/C19H26N4O2/c1-13-10-15(17-6-8-20-22(17)5)11-16(21-13)14-7-9-23(12-14)18(24)25-19(2,3)4/h6,8,10-11,14H,7,9,12H2,1-5H3. The van der Waals surface area contributed by atoms with E-state index in [1.165, 1.54) is 0 Å². The minimum absolute atomic E-state index is 0.236. The summed E-state index contributed by atoms with van der Waals surface area (Å²) in [4.78, 5) is 18.8. The average Bonchev–Trinajstić information content (AvgIpc) is 3.13. The van der Waals surface area contributed by atoms with Crippen LogP contribution < -0.4 is 0 Å². The largest absolute Gasteiger partial charge is 0.444 e. The van der Waals surface area contributed by atoms with Crippen LogP contribution in [0.3, 0.4) is 0 Å². The molecule has 0 aromatic carbocycles. The monoisotopic (exact) mass is 342 g/mol. The zero-order chi connectivity index (χ0) is 18.2. The summed E-state index contributed by atoms with van der Waals surface area (Å²) < 4.78 is 7.34. The summed E-state index contributed by atoms with van der Waals surface area (Å²) in [5, 5.41) is 4.25. The summed E-state index contributed by atoms with van der Waals surface area (Å²) in [7, 11) is 1.94. The predicted octanol–water partition coefficient (Wildman–Crippen LogP) is 3.51. The Labute approximate surface area is 148 Å². The van der Waals surface area contributed by atoms with Crippen molar-refractivity contribution in [1.29, 1.82) is 0 Å². The summed E-state index contributed by atoms with van der Waals surface area (Å²) in [5.41, 5.74) is 3.71. The fourth-order valence-corrected chi connectivity index (χ4v) is 3.20. The first kappa shape index (κ1) is 17.5. The Balaban J connectivity index is 1.78. The Morgan fingerprint density at radius 2 is 2.08 bits per heavy atom. The number of amides is 1. The molecule has 1 aliphatic rings. The van der Waals surface area contributed by atoms with Crippen LogP contribution >= 0.6 is 0 Å². The topological polar surface area (TPSA) is 60.2 Å². The second kappa shape index (κ2) is 6.50. The normalized spacial score (nSPS) is 17.8. The van der Waals surface area contributed by atoms with Gasteiger partial charge >= 0.3 is 6.09 Å². The highest BCUT2D eigenvalue weighted by Gasteiger charge is 2.31. The van der Waals surface area contributed by atoms with E-state index in [0.717, 1.165) is 29.1 Å². The number of aryl methyl sites for hydroxylation is 2. The third-order valence-electron chi connectivity index (χ3n) is 4.35. The van der Waals surface area contributed by atoms with E-state index in [0.29, 0.717) is 13.1 Å². The van der Waals surface area contributed by atoms with E-state index in [4.69, 9.17) is 9.72 Å². The van der Waals surface area contributed by atoms with Crippen LogP contribution in [0.15, 0.2) is 24.4 Å². The first-order chi connectivity index (χ1) is 11.7. The molecule has 1 aliphatic heterocycles. The average molecular weight is 342 g/mol. The lowest BCUT2D eigenvalue weighted by Gasteiger charge is -2.24. The number of likely N-dealkylation sites (tertiary alicyclic amines) is 1. The van der Waals surface area contributed by atoms with Gasteiger partial charge in [0.1, 0.15) is 5.60 Å². The van der Waals surface area contributed by atoms with Gasteiger partial charge < -0.3 is 9.64 Å². The minimum atomic E-state index is -0.469. The van der Waals surface area contributed by atoms with Gasteiger partial charge in [0.15, 0.2) is 0 Å². The fraction of sp³-hybridized carbons (Fsp3) is 0.526. The van der Waals surface area contributed by atoms with Gasteiger partial charge in [0, 0.05) is 49.2 Å².